The van der Waals surface area contributed by atoms with Crippen molar-refractivity contribution in [3.05, 3.63) is 47.5 Å². The van der Waals surface area contributed by atoms with Crippen LogP contribution in [0, 0.1) is 0 Å². The number of aryl methyl sites for hydroxylation is 2. The molecule has 5 N–H and O–H groups in total. The van der Waals surface area contributed by atoms with E-state index in [0.717, 1.165) is 18.5 Å². The van der Waals surface area contributed by atoms with E-state index in [4.69, 9.17) is 10.9 Å². The van der Waals surface area contributed by atoms with Gasteiger partial charge in [-0.2, -0.15) is 0 Å². The second-order valence-electron chi connectivity index (χ2n) is 5.22. The molecule has 2 aromatic carbocycles. The number of nitrogen functional groups attached to an aromatic ring is 1. The first-order valence-electron chi connectivity index (χ1n) is 6.75. The molecule has 21 heavy (non-hydrogen) atoms. The number of nitrogens with one attached hydrogen (secondary N) is 1. The number of benzene rings is 2. The first-order valence-corrected chi connectivity index (χ1v) is 8.30. The predicted octanol–water partition coefficient (Wildman–Crippen LogP) is 2.15. The van der Waals surface area contributed by atoms with Crippen molar-refractivity contribution >= 4 is 27.1 Å². The second kappa shape index (κ2) is 5.05. The summed E-state index contributed by atoms with van der Waals surface area (Å²) < 4.78 is 23.0. The lowest BCUT2D eigenvalue weighted by molar-refractivity contribution is 0.598. The van der Waals surface area contributed by atoms with E-state index in [0.29, 0.717) is 5.69 Å². The third-order valence-corrected chi connectivity index (χ3v) is 4.72. The highest BCUT2D eigenvalue weighted by atomic mass is 32.2. The van der Waals surface area contributed by atoms with E-state index in [1.165, 1.54) is 23.6 Å². The Kier molecular flexibility index (Phi) is 3.35. The Balaban J connectivity index is 1.95. The van der Waals surface area contributed by atoms with E-state index in [2.05, 4.69) is 17.4 Å². The molecule has 0 saturated heterocycles. The molecule has 0 spiro atoms. The van der Waals surface area contributed by atoms with E-state index < -0.39 is 10.0 Å². The van der Waals surface area contributed by atoms with Gasteiger partial charge in [0, 0.05) is 5.69 Å². The molecule has 3 rings (SSSR count). The minimum Gasteiger partial charge on any atom is -0.396 e. The molecule has 1 aliphatic carbocycles. The zero-order chi connectivity index (χ0) is 15.0. The van der Waals surface area contributed by atoms with Crippen LogP contribution in [0.2, 0.25) is 0 Å². The molecule has 0 fully saturated rings. The number of hydrogen-bond acceptors (Lipinski definition) is 4. The summed E-state index contributed by atoms with van der Waals surface area (Å²) in [4.78, 5) is -0.0614. The Labute approximate surface area is 124 Å². The van der Waals surface area contributed by atoms with Crippen LogP contribution in [0.15, 0.2) is 41.3 Å². The normalized spacial score (nSPS) is 14.0. The molecular weight excluding hydrogens is 286 g/mol. The molecule has 0 aliphatic heterocycles. The summed E-state index contributed by atoms with van der Waals surface area (Å²) in [5, 5.41) is 8.33. The maximum atomic E-state index is 11.5. The summed E-state index contributed by atoms with van der Waals surface area (Å²) in [6, 6.07) is 10.9. The van der Waals surface area contributed by atoms with E-state index in [-0.39, 0.29) is 10.6 Å². The summed E-state index contributed by atoms with van der Waals surface area (Å²) in [7, 11) is -3.82. The lowest BCUT2D eigenvalue weighted by Gasteiger charge is -2.13. The molecule has 110 valence electrons. The van der Waals surface area contributed by atoms with E-state index in [1.807, 2.05) is 6.07 Å². The smallest absolute Gasteiger partial charge is 0.240 e. The van der Waals surface area contributed by atoms with Crippen LogP contribution < -0.4 is 16.2 Å². The molecule has 0 bridgehead atoms. The number of para-hydroxylation sites is 1. The largest absolute Gasteiger partial charge is 0.396 e. The van der Waals surface area contributed by atoms with Gasteiger partial charge in [0.2, 0.25) is 10.0 Å². The van der Waals surface area contributed by atoms with Crippen molar-refractivity contribution in [3.63, 3.8) is 0 Å². The van der Waals surface area contributed by atoms with Crippen LogP contribution in [0.1, 0.15) is 17.5 Å². The fourth-order valence-electron chi connectivity index (χ4n) is 2.71. The highest BCUT2D eigenvalue weighted by Crippen LogP contribution is 2.31. The average Bonchev–Trinajstić information content (AvgIpc) is 2.87. The molecule has 0 saturated carbocycles. The van der Waals surface area contributed by atoms with Gasteiger partial charge in [0.1, 0.15) is 4.90 Å². The van der Waals surface area contributed by atoms with Gasteiger partial charge in [-0.25, -0.2) is 13.6 Å². The second-order valence-corrected chi connectivity index (χ2v) is 6.75. The Morgan fingerprint density at radius 3 is 2.57 bits per heavy atom. The highest BCUT2D eigenvalue weighted by Gasteiger charge is 2.15. The molecule has 1 aliphatic rings. The van der Waals surface area contributed by atoms with Crippen molar-refractivity contribution in [2.75, 3.05) is 11.1 Å². The van der Waals surface area contributed by atoms with Crippen LogP contribution in [0.25, 0.3) is 0 Å². The van der Waals surface area contributed by atoms with E-state index in [1.54, 1.807) is 12.1 Å². The van der Waals surface area contributed by atoms with Gasteiger partial charge in [0.05, 0.1) is 11.4 Å². The SMILES string of the molecule is Nc1c(Nc2ccc3c(c2)CCC3)cccc1S(N)(=O)=O. The van der Waals surface area contributed by atoms with Crippen molar-refractivity contribution in [1.82, 2.24) is 0 Å². The van der Waals surface area contributed by atoms with E-state index >= 15 is 0 Å². The zero-order valence-electron chi connectivity index (χ0n) is 11.5. The molecule has 0 aromatic heterocycles. The van der Waals surface area contributed by atoms with Gasteiger partial charge in [-0.15, -0.1) is 0 Å². The van der Waals surface area contributed by atoms with Gasteiger partial charge < -0.3 is 11.1 Å². The van der Waals surface area contributed by atoms with Gasteiger partial charge in [-0.05, 0) is 54.7 Å². The number of anilines is 3. The number of sulfonamides is 1. The molecule has 6 heteroatoms. The summed E-state index contributed by atoms with van der Waals surface area (Å²) in [5.41, 5.74) is 10.2. The number of nitrogens with two attached hydrogens (primary N) is 2. The monoisotopic (exact) mass is 303 g/mol. The van der Waals surface area contributed by atoms with Gasteiger partial charge in [-0.1, -0.05) is 12.1 Å². The summed E-state index contributed by atoms with van der Waals surface area (Å²) in [6.07, 6.45) is 3.39. The fourth-order valence-corrected chi connectivity index (χ4v) is 3.39. The Morgan fingerprint density at radius 2 is 1.81 bits per heavy atom. The summed E-state index contributed by atoms with van der Waals surface area (Å²) in [5.74, 6) is 0. The topological polar surface area (TPSA) is 98.2 Å². The Morgan fingerprint density at radius 1 is 1.05 bits per heavy atom. The average molecular weight is 303 g/mol. The zero-order valence-corrected chi connectivity index (χ0v) is 12.3. The maximum Gasteiger partial charge on any atom is 0.240 e. The maximum absolute atomic E-state index is 11.5. The third kappa shape index (κ3) is 2.72. The standard InChI is InChI=1S/C15H17N3O2S/c16-15-13(5-2-6-14(15)21(17,19)20)18-12-8-7-10-3-1-4-11(10)9-12/h2,5-9,18H,1,3-4,16H2,(H2,17,19,20). The van der Waals surface area contributed by atoms with Crippen LogP contribution in [0.4, 0.5) is 17.1 Å². The van der Waals surface area contributed by atoms with Crippen molar-refractivity contribution in [2.45, 2.75) is 24.2 Å². The van der Waals surface area contributed by atoms with Crippen molar-refractivity contribution in [3.8, 4) is 0 Å². The van der Waals surface area contributed by atoms with Gasteiger partial charge in [0.25, 0.3) is 0 Å². The molecule has 0 unspecified atom stereocenters. The van der Waals surface area contributed by atoms with Crippen LogP contribution in [-0.4, -0.2) is 8.42 Å². The van der Waals surface area contributed by atoms with Crippen molar-refractivity contribution < 1.29 is 8.42 Å². The molecule has 0 heterocycles. The van der Waals surface area contributed by atoms with Crippen LogP contribution in [-0.2, 0) is 22.9 Å². The summed E-state index contributed by atoms with van der Waals surface area (Å²) >= 11 is 0. The highest BCUT2D eigenvalue weighted by molar-refractivity contribution is 7.89. The fraction of sp³-hybridized carbons (Fsp3) is 0.200. The van der Waals surface area contributed by atoms with E-state index in [9.17, 15) is 8.42 Å². The lowest BCUT2D eigenvalue weighted by Crippen LogP contribution is -2.15. The number of rotatable bonds is 3. The van der Waals surface area contributed by atoms with Crippen molar-refractivity contribution in [1.29, 1.82) is 0 Å². The molecule has 5 nitrogen and oxygen atoms in total. The number of hydrogen-bond donors (Lipinski definition) is 3. The lowest BCUT2D eigenvalue weighted by atomic mass is 10.1. The first kappa shape index (κ1) is 13.9. The minimum atomic E-state index is -3.82. The number of fused-ring (bicyclic) bond motifs is 1. The molecule has 0 atom stereocenters. The first-order chi connectivity index (χ1) is 9.95. The molecule has 0 radical (unpaired) electrons. The molecular formula is C15H17N3O2S. The van der Waals surface area contributed by atoms with Crippen LogP contribution in [0.3, 0.4) is 0 Å². The van der Waals surface area contributed by atoms with Gasteiger partial charge in [0.15, 0.2) is 0 Å². The van der Waals surface area contributed by atoms with Crippen molar-refractivity contribution in [2.24, 2.45) is 5.14 Å². The van der Waals surface area contributed by atoms with Gasteiger partial charge >= 0.3 is 0 Å². The third-order valence-electron chi connectivity index (χ3n) is 3.75. The molecule has 0 amide bonds. The van der Waals surface area contributed by atoms with Crippen LogP contribution in [0.5, 0.6) is 0 Å². The summed E-state index contributed by atoms with van der Waals surface area (Å²) in [6.45, 7) is 0. The molecule has 2 aromatic rings. The Hall–Kier alpha value is -2.05. The quantitative estimate of drug-likeness (QED) is 0.757. The predicted molar refractivity (Wildman–Crippen MR) is 84.0 cm³/mol. The minimum absolute atomic E-state index is 0.0614. The number of primary sulfonamides is 1. The van der Waals surface area contributed by atoms with Gasteiger partial charge in [-0.3, -0.25) is 0 Å². The van der Waals surface area contributed by atoms with Crippen LogP contribution >= 0.6 is 0 Å². The Bertz CT molecular complexity index is 801.